The van der Waals surface area contributed by atoms with Crippen LogP contribution in [0.2, 0.25) is 0 Å². The van der Waals surface area contributed by atoms with Gasteiger partial charge in [0.15, 0.2) is 0 Å². The fourth-order valence-electron chi connectivity index (χ4n) is 1.85. The van der Waals surface area contributed by atoms with Crippen molar-refractivity contribution in [2.45, 2.75) is 26.5 Å². The molecule has 1 aliphatic rings. The number of nitrogens with one attached hydrogen (secondary N) is 1. The van der Waals surface area contributed by atoms with E-state index in [1.807, 2.05) is 12.1 Å². The van der Waals surface area contributed by atoms with Crippen molar-refractivity contribution in [2.75, 3.05) is 13.2 Å². The molecule has 3 nitrogen and oxygen atoms in total. The molecule has 1 aromatic rings. The molecule has 0 bridgehead atoms. The second kappa shape index (κ2) is 4.44. The van der Waals surface area contributed by atoms with Crippen LogP contribution in [0.5, 0.6) is 5.75 Å². The second-order valence-electron chi connectivity index (χ2n) is 5.22. The van der Waals surface area contributed by atoms with Crippen LogP contribution in [0.1, 0.15) is 19.4 Å². The summed E-state index contributed by atoms with van der Waals surface area (Å²) in [6.07, 6.45) is 0.861. The van der Waals surface area contributed by atoms with E-state index in [4.69, 9.17) is 4.74 Å². The molecule has 0 radical (unpaired) electrons. The summed E-state index contributed by atoms with van der Waals surface area (Å²) < 4.78 is 5.74. The number of benzene rings is 1. The molecule has 2 N–H and O–H groups in total. The van der Waals surface area contributed by atoms with Crippen molar-refractivity contribution in [3.63, 3.8) is 0 Å². The Hall–Kier alpha value is -1.06. The Kier molecular flexibility index (Phi) is 3.17. The quantitative estimate of drug-likeness (QED) is 0.801. The molecule has 1 fully saturated rings. The molecule has 0 aliphatic carbocycles. The normalized spacial score (nSPS) is 24.2. The van der Waals surface area contributed by atoms with E-state index in [0.29, 0.717) is 5.75 Å². The van der Waals surface area contributed by atoms with Gasteiger partial charge in [-0.15, -0.1) is 0 Å². The third-order valence-electron chi connectivity index (χ3n) is 2.82. The van der Waals surface area contributed by atoms with Crippen molar-refractivity contribution in [3.8, 4) is 5.75 Å². The largest absolute Gasteiger partial charge is 0.508 e. The molecule has 1 aromatic carbocycles. The summed E-state index contributed by atoms with van der Waals surface area (Å²) >= 11 is 0. The molecule has 1 saturated heterocycles. The molecule has 1 atom stereocenters. The minimum Gasteiger partial charge on any atom is -0.508 e. The van der Waals surface area contributed by atoms with Gasteiger partial charge in [-0.05, 0) is 17.7 Å². The lowest BCUT2D eigenvalue weighted by atomic mass is 9.93. The molecule has 0 aromatic heterocycles. The van der Waals surface area contributed by atoms with Crippen LogP contribution in [0.3, 0.4) is 0 Å². The van der Waals surface area contributed by atoms with Gasteiger partial charge >= 0.3 is 0 Å². The van der Waals surface area contributed by atoms with Gasteiger partial charge in [0, 0.05) is 18.4 Å². The lowest BCUT2D eigenvalue weighted by Crippen LogP contribution is -2.48. The Morgan fingerprint density at radius 2 is 2.31 bits per heavy atom. The maximum Gasteiger partial charge on any atom is 0.115 e. The number of phenols is 1. The number of hydrogen-bond acceptors (Lipinski definition) is 3. The summed E-state index contributed by atoms with van der Waals surface area (Å²) in [5.74, 6) is 0.314. The predicted octanol–water partition coefficient (Wildman–Crippen LogP) is 1.91. The Morgan fingerprint density at radius 3 is 2.94 bits per heavy atom. The van der Waals surface area contributed by atoms with Crippen molar-refractivity contribution in [3.05, 3.63) is 29.8 Å². The zero-order chi connectivity index (χ0) is 11.6. The summed E-state index contributed by atoms with van der Waals surface area (Å²) in [6.45, 7) is 6.12. The van der Waals surface area contributed by atoms with E-state index in [0.717, 1.165) is 25.1 Å². The van der Waals surface area contributed by atoms with E-state index in [2.05, 4.69) is 19.2 Å². The Balaban J connectivity index is 1.92. The minimum absolute atomic E-state index is 0.0647. The first-order chi connectivity index (χ1) is 7.55. The van der Waals surface area contributed by atoms with Crippen molar-refractivity contribution in [1.29, 1.82) is 0 Å². The lowest BCUT2D eigenvalue weighted by molar-refractivity contribution is -0.0566. The van der Waals surface area contributed by atoms with Crippen LogP contribution in [0, 0.1) is 5.41 Å². The van der Waals surface area contributed by atoms with E-state index in [1.165, 1.54) is 0 Å². The van der Waals surface area contributed by atoms with Gasteiger partial charge in [0.05, 0.1) is 6.61 Å². The van der Waals surface area contributed by atoms with Crippen LogP contribution >= 0.6 is 0 Å². The maximum absolute atomic E-state index is 9.36. The van der Waals surface area contributed by atoms with Crippen molar-refractivity contribution >= 4 is 0 Å². The van der Waals surface area contributed by atoms with Crippen molar-refractivity contribution in [1.82, 2.24) is 5.32 Å². The zero-order valence-corrected chi connectivity index (χ0v) is 9.86. The molecule has 3 heteroatoms. The van der Waals surface area contributed by atoms with Gasteiger partial charge in [-0.1, -0.05) is 26.0 Å². The first kappa shape index (κ1) is 11.4. The number of ether oxygens (including phenoxy) is 1. The predicted molar refractivity (Wildman–Crippen MR) is 63.3 cm³/mol. The summed E-state index contributed by atoms with van der Waals surface area (Å²) in [5.41, 5.74) is 1.31. The highest BCUT2D eigenvalue weighted by atomic mass is 16.5. The number of hydrogen-bond donors (Lipinski definition) is 2. The van der Waals surface area contributed by atoms with Crippen molar-refractivity contribution in [2.24, 2.45) is 5.41 Å². The maximum atomic E-state index is 9.36. The zero-order valence-electron chi connectivity index (χ0n) is 9.86. The van der Waals surface area contributed by atoms with Gasteiger partial charge in [0.2, 0.25) is 0 Å². The first-order valence-corrected chi connectivity index (χ1v) is 5.68. The van der Waals surface area contributed by atoms with E-state index < -0.39 is 0 Å². The SMILES string of the molecule is CC1(C)CNC(Cc2cccc(O)c2)OC1. The summed E-state index contributed by atoms with van der Waals surface area (Å²) in [7, 11) is 0. The smallest absolute Gasteiger partial charge is 0.115 e. The van der Waals surface area contributed by atoms with E-state index in [9.17, 15) is 5.11 Å². The molecule has 0 amide bonds. The van der Waals surface area contributed by atoms with Gasteiger partial charge in [-0.3, -0.25) is 5.32 Å². The molecule has 1 unspecified atom stereocenters. The summed E-state index contributed by atoms with van der Waals surface area (Å²) in [6, 6.07) is 7.33. The van der Waals surface area contributed by atoms with Crippen LogP contribution in [-0.4, -0.2) is 24.5 Å². The summed E-state index contributed by atoms with van der Waals surface area (Å²) in [5, 5.41) is 12.7. The number of rotatable bonds is 2. The highest BCUT2D eigenvalue weighted by Gasteiger charge is 2.26. The summed E-state index contributed by atoms with van der Waals surface area (Å²) in [4.78, 5) is 0. The molecule has 1 heterocycles. The standard InChI is InChI=1S/C13H19NO2/c1-13(2)8-14-12(16-9-13)7-10-4-3-5-11(15)6-10/h3-6,12,14-15H,7-9H2,1-2H3. The Bertz CT molecular complexity index is 353. The minimum atomic E-state index is 0.0647. The fraction of sp³-hybridized carbons (Fsp3) is 0.538. The number of aromatic hydroxyl groups is 1. The Labute approximate surface area is 96.4 Å². The van der Waals surface area contributed by atoms with Gasteiger partial charge in [-0.2, -0.15) is 0 Å². The third kappa shape index (κ3) is 2.97. The van der Waals surface area contributed by atoms with Crippen LogP contribution in [0.25, 0.3) is 0 Å². The van der Waals surface area contributed by atoms with Crippen LogP contribution in [0.4, 0.5) is 0 Å². The molecular weight excluding hydrogens is 202 g/mol. The van der Waals surface area contributed by atoms with Crippen LogP contribution in [-0.2, 0) is 11.2 Å². The lowest BCUT2D eigenvalue weighted by Gasteiger charge is -2.35. The molecule has 88 valence electrons. The van der Waals surface area contributed by atoms with E-state index in [1.54, 1.807) is 12.1 Å². The van der Waals surface area contributed by atoms with Crippen molar-refractivity contribution < 1.29 is 9.84 Å². The van der Waals surface area contributed by atoms with Gasteiger partial charge in [-0.25, -0.2) is 0 Å². The van der Waals surface area contributed by atoms with Gasteiger partial charge in [0.25, 0.3) is 0 Å². The first-order valence-electron chi connectivity index (χ1n) is 5.68. The third-order valence-corrected chi connectivity index (χ3v) is 2.82. The van der Waals surface area contributed by atoms with Crippen LogP contribution in [0.15, 0.2) is 24.3 Å². The number of phenolic OH excluding ortho intramolecular Hbond substituents is 1. The molecule has 0 saturated carbocycles. The molecule has 1 aliphatic heterocycles. The molecular formula is C13H19NO2. The van der Waals surface area contributed by atoms with E-state index >= 15 is 0 Å². The highest BCUT2D eigenvalue weighted by molar-refractivity contribution is 5.27. The topological polar surface area (TPSA) is 41.5 Å². The second-order valence-corrected chi connectivity index (χ2v) is 5.22. The van der Waals surface area contributed by atoms with Crippen LogP contribution < -0.4 is 5.32 Å². The van der Waals surface area contributed by atoms with E-state index in [-0.39, 0.29) is 11.6 Å². The average Bonchev–Trinajstić information content (AvgIpc) is 2.21. The van der Waals surface area contributed by atoms with Gasteiger partial charge < -0.3 is 9.84 Å². The van der Waals surface area contributed by atoms with Gasteiger partial charge in [0.1, 0.15) is 12.0 Å². The molecule has 2 rings (SSSR count). The fourth-order valence-corrected chi connectivity index (χ4v) is 1.85. The monoisotopic (exact) mass is 221 g/mol. The average molecular weight is 221 g/mol. The molecule has 0 spiro atoms. The molecule has 16 heavy (non-hydrogen) atoms. The Morgan fingerprint density at radius 1 is 1.50 bits per heavy atom. The highest BCUT2D eigenvalue weighted by Crippen LogP contribution is 2.21.